The lowest BCUT2D eigenvalue weighted by Gasteiger charge is -2.22. The summed E-state index contributed by atoms with van der Waals surface area (Å²) in [7, 11) is -2.06. The van der Waals surface area contributed by atoms with Gasteiger partial charge in [0.1, 0.15) is 6.54 Å². The van der Waals surface area contributed by atoms with Crippen LogP contribution in [0.3, 0.4) is 0 Å². The molecule has 0 heterocycles. The van der Waals surface area contributed by atoms with Crippen molar-refractivity contribution in [3.8, 4) is 0 Å². The zero-order chi connectivity index (χ0) is 18.2. The van der Waals surface area contributed by atoms with Crippen LogP contribution in [0.2, 0.25) is 0 Å². The smallest absolute Gasteiger partial charge is 0.240 e. The van der Waals surface area contributed by atoms with Gasteiger partial charge in [-0.3, -0.25) is 13.9 Å². The van der Waals surface area contributed by atoms with Crippen molar-refractivity contribution < 1.29 is 22.7 Å². The predicted molar refractivity (Wildman–Crippen MR) is 92.4 cm³/mol. The fraction of sp³-hybridized carbons (Fsp3) is 0.467. The van der Waals surface area contributed by atoms with Gasteiger partial charge in [0.05, 0.1) is 11.9 Å². The van der Waals surface area contributed by atoms with Gasteiger partial charge in [-0.2, -0.15) is 0 Å². The summed E-state index contributed by atoms with van der Waals surface area (Å²) in [4.78, 5) is 22.9. The van der Waals surface area contributed by atoms with Crippen LogP contribution in [0.1, 0.15) is 13.3 Å². The third-order valence-electron chi connectivity index (χ3n) is 3.01. The van der Waals surface area contributed by atoms with Gasteiger partial charge in [0.2, 0.25) is 21.8 Å². The second kappa shape index (κ2) is 9.24. The SMILES string of the molecule is COCCCNC(=O)CN(c1ccc(NC(C)=O)cc1)S(C)(=O)=O. The van der Waals surface area contributed by atoms with Gasteiger partial charge < -0.3 is 15.4 Å². The van der Waals surface area contributed by atoms with E-state index in [-0.39, 0.29) is 12.5 Å². The number of carbonyl (C=O) groups is 2. The molecule has 0 aliphatic heterocycles. The molecule has 2 N–H and O–H groups in total. The van der Waals surface area contributed by atoms with Crippen LogP contribution in [-0.4, -0.2) is 53.3 Å². The fourth-order valence-electron chi connectivity index (χ4n) is 1.94. The lowest BCUT2D eigenvalue weighted by molar-refractivity contribution is -0.119. The zero-order valence-electron chi connectivity index (χ0n) is 14.0. The molecule has 1 aromatic carbocycles. The number of carbonyl (C=O) groups excluding carboxylic acids is 2. The number of methoxy groups -OCH3 is 1. The van der Waals surface area contributed by atoms with Crippen molar-refractivity contribution in [1.29, 1.82) is 0 Å². The first-order valence-corrected chi connectivity index (χ1v) is 9.20. The maximum atomic E-state index is 12.0. The van der Waals surface area contributed by atoms with E-state index in [9.17, 15) is 18.0 Å². The average Bonchev–Trinajstić information content (AvgIpc) is 2.48. The number of nitrogens with zero attached hydrogens (tertiary/aromatic N) is 1. The molecule has 0 spiro atoms. The van der Waals surface area contributed by atoms with Crippen LogP contribution in [-0.2, 0) is 24.3 Å². The quantitative estimate of drug-likeness (QED) is 0.629. The van der Waals surface area contributed by atoms with Crippen molar-refractivity contribution in [1.82, 2.24) is 5.32 Å². The number of nitrogens with one attached hydrogen (secondary N) is 2. The molecule has 134 valence electrons. The molecular formula is C15H23N3O5S. The molecule has 24 heavy (non-hydrogen) atoms. The molecule has 0 aliphatic carbocycles. The average molecular weight is 357 g/mol. The van der Waals surface area contributed by atoms with Crippen molar-refractivity contribution in [3.05, 3.63) is 24.3 Å². The summed E-state index contributed by atoms with van der Waals surface area (Å²) in [5.74, 6) is -0.624. The Morgan fingerprint density at radius 2 is 1.83 bits per heavy atom. The summed E-state index contributed by atoms with van der Waals surface area (Å²) in [6.45, 7) is 1.99. The summed E-state index contributed by atoms with van der Waals surface area (Å²) >= 11 is 0. The third-order valence-corrected chi connectivity index (χ3v) is 4.15. The molecule has 0 unspecified atom stereocenters. The Bertz CT molecular complexity index is 658. The number of hydrogen-bond acceptors (Lipinski definition) is 5. The Morgan fingerprint density at radius 3 is 2.33 bits per heavy atom. The summed E-state index contributed by atoms with van der Waals surface area (Å²) in [6, 6.07) is 6.21. The second-order valence-corrected chi connectivity index (χ2v) is 7.10. The Morgan fingerprint density at radius 1 is 1.21 bits per heavy atom. The first kappa shape index (κ1) is 19.9. The third kappa shape index (κ3) is 6.97. The lowest BCUT2D eigenvalue weighted by atomic mass is 10.2. The summed E-state index contributed by atoms with van der Waals surface area (Å²) in [5.41, 5.74) is 0.891. The van der Waals surface area contributed by atoms with Gasteiger partial charge in [0.25, 0.3) is 0 Å². The summed E-state index contributed by atoms with van der Waals surface area (Å²) in [5, 5.41) is 5.24. The first-order valence-electron chi connectivity index (χ1n) is 7.35. The highest BCUT2D eigenvalue weighted by Gasteiger charge is 2.20. The largest absolute Gasteiger partial charge is 0.385 e. The van der Waals surface area contributed by atoms with Crippen LogP contribution in [0.25, 0.3) is 0 Å². The molecule has 0 atom stereocenters. The molecule has 0 saturated heterocycles. The predicted octanol–water partition coefficient (Wildman–Crippen LogP) is 0.564. The molecule has 0 aliphatic rings. The normalized spacial score (nSPS) is 11.0. The molecule has 0 bridgehead atoms. The van der Waals surface area contributed by atoms with Crippen molar-refractivity contribution >= 4 is 33.2 Å². The second-order valence-electron chi connectivity index (χ2n) is 5.19. The highest BCUT2D eigenvalue weighted by atomic mass is 32.2. The zero-order valence-corrected chi connectivity index (χ0v) is 14.9. The van der Waals surface area contributed by atoms with Crippen LogP contribution in [0.5, 0.6) is 0 Å². The maximum Gasteiger partial charge on any atom is 0.240 e. The van der Waals surface area contributed by atoms with Gasteiger partial charge in [0, 0.05) is 32.9 Å². The monoisotopic (exact) mass is 357 g/mol. The fourth-order valence-corrected chi connectivity index (χ4v) is 2.80. The van der Waals surface area contributed by atoms with Gasteiger partial charge in [-0.15, -0.1) is 0 Å². The molecule has 0 fully saturated rings. The molecule has 2 amide bonds. The van der Waals surface area contributed by atoms with Crippen molar-refractivity contribution in [2.75, 3.05) is 42.7 Å². The molecule has 1 rings (SSSR count). The topological polar surface area (TPSA) is 105 Å². The van der Waals surface area contributed by atoms with Gasteiger partial charge in [-0.05, 0) is 30.7 Å². The first-order chi connectivity index (χ1) is 11.2. The van der Waals surface area contributed by atoms with Crippen molar-refractivity contribution in [2.45, 2.75) is 13.3 Å². The Kier molecular flexibility index (Phi) is 7.66. The highest BCUT2D eigenvalue weighted by molar-refractivity contribution is 7.92. The molecule has 0 aromatic heterocycles. The molecule has 9 heteroatoms. The van der Waals surface area contributed by atoms with Crippen LogP contribution in [0.15, 0.2) is 24.3 Å². The van der Waals surface area contributed by atoms with Gasteiger partial charge >= 0.3 is 0 Å². The Hall–Kier alpha value is -2.13. The van der Waals surface area contributed by atoms with E-state index in [4.69, 9.17) is 4.74 Å². The van der Waals surface area contributed by atoms with Gasteiger partial charge in [0.15, 0.2) is 0 Å². The highest BCUT2D eigenvalue weighted by Crippen LogP contribution is 2.20. The van der Waals surface area contributed by atoms with E-state index in [0.717, 1.165) is 10.6 Å². The molecule has 0 saturated carbocycles. The van der Waals surface area contributed by atoms with E-state index in [1.165, 1.54) is 19.1 Å². The van der Waals surface area contributed by atoms with Gasteiger partial charge in [-0.1, -0.05) is 0 Å². The number of sulfonamides is 1. The minimum atomic E-state index is -3.62. The molecule has 8 nitrogen and oxygen atoms in total. The number of amides is 2. The number of hydrogen-bond donors (Lipinski definition) is 2. The van der Waals surface area contributed by atoms with E-state index < -0.39 is 15.9 Å². The number of ether oxygens (including phenoxy) is 1. The summed E-state index contributed by atoms with van der Waals surface area (Å²) < 4.78 is 29.8. The van der Waals surface area contributed by atoms with E-state index >= 15 is 0 Å². The number of rotatable bonds is 9. The standard InChI is InChI=1S/C15H23N3O5S/c1-12(19)17-13-5-7-14(8-6-13)18(24(3,21)22)11-15(20)16-9-4-10-23-2/h5-8H,4,9-11H2,1-3H3,(H,16,20)(H,17,19). The summed E-state index contributed by atoms with van der Waals surface area (Å²) in [6.07, 6.45) is 1.68. The molecule has 1 aromatic rings. The lowest BCUT2D eigenvalue weighted by Crippen LogP contribution is -2.40. The van der Waals surface area contributed by atoms with Crippen LogP contribution in [0, 0.1) is 0 Å². The van der Waals surface area contributed by atoms with E-state index in [2.05, 4.69) is 10.6 Å². The molecular weight excluding hydrogens is 334 g/mol. The Labute approximate surface area is 142 Å². The maximum absolute atomic E-state index is 12.0. The molecule has 0 radical (unpaired) electrons. The van der Waals surface area contributed by atoms with E-state index in [1.54, 1.807) is 19.2 Å². The van der Waals surface area contributed by atoms with E-state index in [1.807, 2.05) is 0 Å². The van der Waals surface area contributed by atoms with E-state index in [0.29, 0.717) is 30.9 Å². The van der Waals surface area contributed by atoms with Crippen LogP contribution < -0.4 is 14.9 Å². The Balaban J connectivity index is 2.79. The van der Waals surface area contributed by atoms with Crippen molar-refractivity contribution in [2.24, 2.45) is 0 Å². The van der Waals surface area contributed by atoms with Gasteiger partial charge in [-0.25, -0.2) is 8.42 Å². The number of benzene rings is 1. The van der Waals surface area contributed by atoms with Crippen LogP contribution in [0.4, 0.5) is 11.4 Å². The minimum absolute atomic E-state index is 0.224. The van der Waals surface area contributed by atoms with Crippen LogP contribution >= 0.6 is 0 Å². The minimum Gasteiger partial charge on any atom is -0.385 e. The number of anilines is 2. The van der Waals surface area contributed by atoms with Crippen molar-refractivity contribution in [3.63, 3.8) is 0 Å².